The number of hydrogen-bond donors (Lipinski definition) is 1. The highest BCUT2D eigenvalue weighted by atomic mass is 16.6. The Kier molecular flexibility index (Phi) is 25.4. The highest BCUT2D eigenvalue weighted by Crippen LogP contribution is 2.10. The molecule has 0 heterocycles. The summed E-state index contributed by atoms with van der Waals surface area (Å²) in [5.41, 5.74) is 0. The maximum Gasteiger partial charge on any atom is 0.306 e. The maximum absolute atomic E-state index is 11.8. The molecule has 0 radical (unpaired) electrons. The summed E-state index contributed by atoms with van der Waals surface area (Å²) in [5.74, 6) is -0.637. The summed E-state index contributed by atoms with van der Waals surface area (Å²) in [5, 5.41) is 9.26. The van der Waals surface area contributed by atoms with Crippen molar-refractivity contribution in [2.24, 2.45) is 0 Å². The van der Waals surface area contributed by atoms with Crippen LogP contribution in [0.4, 0.5) is 0 Å². The molecule has 0 bridgehead atoms. The Bertz CT molecular complexity index is 393. The molecular formula is C24H46O5. The predicted octanol–water partition coefficient (Wildman–Crippen LogP) is 6.13. The third-order valence-electron chi connectivity index (χ3n) is 4.15. The van der Waals surface area contributed by atoms with Crippen LogP contribution in [0.5, 0.6) is 0 Å². The van der Waals surface area contributed by atoms with E-state index in [4.69, 9.17) is 9.47 Å². The average Bonchev–Trinajstić information content (AvgIpc) is 2.70. The van der Waals surface area contributed by atoms with Gasteiger partial charge in [-0.25, -0.2) is 0 Å². The van der Waals surface area contributed by atoms with E-state index in [-0.39, 0.29) is 25.2 Å². The molecule has 5 heteroatoms. The summed E-state index contributed by atoms with van der Waals surface area (Å²) in [6, 6.07) is 0. The van der Waals surface area contributed by atoms with Crippen molar-refractivity contribution in [3.63, 3.8) is 0 Å². The summed E-state index contributed by atoms with van der Waals surface area (Å²) in [4.78, 5) is 23.3. The Morgan fingerprint density at radius 3 is 2.00 bits per heavy atom. The molecule has 0 aromatic heterocycles. The SMILES string of the molecule is C/C=C/CCCCCCCCC(=O)O[C@@H](CO)COC(=O)CCCCC.CCC. The van der Waals surface area contributed by atoms with Crippen LogP contribution in [0.2, 0.25) is 0 Å². The second-order valence-corrected chi connectivity index (χ2v) is 7.37. The smallest absolute Gasteiger partial charge is 0.306 e. The van der Waals surface area contributed by atoms with Crippen molar-refractivity contribution in [3.05, 3.63) is 12.2 Å². The highest BCUT2D eigenvalue weighted by Gasteiger charge is 2.15. The van der Waals surface area contributed by atoms with Crippen molar-refractivity contribution in [3.8, 4) is 0 Å². The summed E-state index contributed by atoms with van der Waals surface area (Å²) in [6.45, 7) is 7.95. The molecule has 172 valence electrons. The van der Waals surface area contributed by atoms with Crippen LogP contribution < -0.4 is 0 Å². The molecule has 29 heavy (non-hydrogen) atoms. The molecule has 0 unspecified atom stereocenters. The number of rotatable bonds is 17. The molecule has 0 spiro atoms. The van der Waals surface area contributed by atoms with Crippen LogP contribution in [0.25, 0.3) is 0 Å². The maximum atomic E-state index is 11.8. The molecule has 0 aliphatic rings. The molecular weight excluding hydrogens is 368 g/mol. The molecule has 0 aliphatic heterocycles. The van der Waals surface area contributed by atoms with Gasteiger partial charge in [-0.05, 0) is 32.6 Å². The van der Waals surface area contributed by atoms with Gasteiger partial charge in [0, 0.05) is 12.8 Å². The highest BCUT2D eigenvalue weighted by molar-refractivity contribution is 5.70. The zero-order valence-corrected chi connectivity index (χ0v) is 19.4. The van der Waals surface area contributed by atoms with Crippen molar-refractivity contribution >= 4 is 11.9 Å². The van der Waals surface area contributed by atoms with Crippen LogP contribution in [0.3, 0.4) is 0 Å². The van der Waals surface area contributed by atoms with Gasteiger partial charge < -0.3 is 14.6 Å². The number of aliphatic hydroxyl groups is 1. The number of carbonyl (C=O) groups excluding carboxylic acids is 2. The van der Waals surface area contributed by atoms with Crippen molar-refractivity contribution < 1.29 is 24.2 Å². The molecule has 0 fully saturated rings. The minimum atomic E-state index is -0.760. The van der Waals surface area contributed by atoms with Crippen molar-refractivity contribution in [1.82, 2.24) is 0 Å². The third kappa shape index (κ3) is 24.6. The molecule has 0 saturated carbocycles. The number of unbranched alkanes of at least 4 members (excludes halogenated alkanes) is 8. The van der Waals surface area contributed by atoms with Gasteiger partial charge in [-0.2, -0.15) is 0 Å². The number of carbonyl (C=O) groups is 2. The predicted molar refractivity (Wildman–Crippen MR) is 120 cm³/mol. The Balaban J connectivity index is 0. The lowest BCUT2D eigenvalue weighted by Gasteiger charge is -2.15. The fourth-order valence-corrected chi connectivity index (χ4v) is 2.55. The van der Waals surface area contributed by atoms with E-state index in [9.17, 15) is 14.7 Å². The van der Waals surface area contributed by atoms with Gasteiger partial charge >= 0.3 is 11.9 Å². The summed E-state index contributed by atoms with van der Waals surface area (Å²) < 4.78 is 10.2. The quantitative estimate of drug-likeness (QED) is 0.176. The van der Waals surface area contributed by atoms with Crippen LogP contribution in [0.15, 0.2) is 12.2 Å². The minimum absolute atomic E-state index is 0.0700. The third-order valence-corrected chi connectivity index (χ3v) is 4.15. The lowest BCUT2D eigenvalue weighted by molar-refractivity contribution is -0.161. The largest absolute Gasteiger partial charge is 0.462 e. The molecule has 0 amide bonds. The summed E-state index contributed by atoms with van der Waals surface area (Å²) >= 11 is 0. The average molecular weight is 415 g/mol. The second kappa shape index (κ2) is 24.7. The van der Waals surface area contributed by atoms with Gasteiger partial charge in [-0.3, -0.25) is 9.59 Å². The van der Waals surface area contributed by atoms with Gasteiger partial charge in [0.2, 0.25) is 0 Å². The lowest BCUT2D eigenvalue weighted by atomic mass is 10.1. The van der Waals surface area contributed by atoms with Crippen LogP contribution in [0.1, 0.15) is 111 Å². The van der Waals surface area contributed by atoms with E-state index in [0.717, 1.165) is 44.9 Å². The van der Waals surface area contributed by atoms with E-state index in [2.05, 4.69) is 32.9 Å². The lowest BCUT2D eigenvalue weighted by Crippen LogP contribution is -2.28. The number of esters is 2. The van der Waals surface area contributed by atoms with Gasteiger partial charge in [-0.1, -0.05) is 77.9 Å². The number of ether oxygens (including phenoxy) is 2. The van der Waals surface area contributed by atoms with Gasteiger partial charge in [0.25, 0.3) is 0 Å². The molecule has 0 aliphatic carbocycles. The number of allylic oxidation sites excluding steroid dienone is 2. The van der Waals surface area contributed by atoms with Crippen molar-refractivity contribution in [2.45, 2.75) is 117 Å². The van der Waals surface area contributed by atoms with Crippen LogP contribution >= 0.6 is 0 Å². The van der Waals surface area contributed by atoms with Gasteiger partial charge in [0.15, 0.2) is 6.10 Å². The van der Waals surface area contributed by atoms with E-state index in [0.29, 0.717) is 12.8 Å². The topological polar surface area (TPSA) is 72.8 Å². The van der Waals surface area contributed by atoms with Crippen molar-refractivity contribution in [1.29, 1.82) is 0 Å². The molecule has 0 aromatic carbocycles. The van der Waals surface area contributed by atoms with E-state index < -0.39 is 6.10 Å². The van der Waals surface area contributed by atoms with E-state index >= 15 is 0 Å². The van der Waals surface area contributed by atoms with Crippen LogP contribution in [0, 0.1) is 0 Å². The fraction of sp³-hybridized carbons (Fsp3) is 0.833. The molecule has 0 aromatic rings. The van der Waals surface area contributed by atoms with Gasteiger partial charge in [0.1, 0.15) is 6.61 Å². The Labute approximate surface area is 179 Å². The zero-order chi connectivity index (χ0) is 22.2. The normalized spacial score (nSPS) is 11.6. The van der Waals surface area contributed by atoms with E-state index in [1.807, 2.05) is 6.92 Å². The van der Waals surface area contributed by atoms with Gasteiger partial charge in [0.05, 0.1) is 6.61 Å². The first-order chi connectivity index (χ1) is 14.0. The Morgan fingerprint density at radius 1 is 0.862 bits per heavy atom. The monoisotopic (exact) mass is 414 g/mol. The first kappa shape index (κ1) is 29.8. The zero-order valence-electron chi connectivity index (χ0n) is 19.4. The first-order valence-corrected chi connectivity index (χ1v) is 11.6. The van der Waals surface area contributed by atoms with Crippen LogP contribution in [-0.2, 0) is 19.1 Å². The fourth-order valence-electron chi connectivity index (χ4n) is 2.55. The number of aliphatic hydroxyl groups excluding tert-OH is 1. The molecule has 0 rings (SSSR count). The molecule has 1 atom stereocenters. The van der Waals surface area contributed by atoms with Crippen molar-refractivity contribution in [2.75, 3.05) is 13.2 Å². The number of hydrogen-bond acceptors (Lipinski definition) is 5. The molecule has 1 N–H and O–H groups in total. The standard InChI is InChI=1S/C21H38O5.C3H8/c1-3-5-7-8-9-10-11-12-14-16-21(24)26-19(17-22)18-25-20(23)15-13-6-4-2;1-3-2/h3,5,19,22H,4,6-18H2,1-2H3;3H2,1-2H3/b5-3+;/t19-;/m0./s1. The summed E-state index contributed by atoms with van der Waals surface area (Å²) in [7, 11) is 0. The van der Waals surface area contributed by atoms with E-state index in [1.165, 1.54) is 25.7 Å². The Morgan fingerprint density at radius 2 is 1.41 bits per heavy atom. The minimum Gasteiger partial charge on any atom is -0.462 e. The van der Waals surface area contributed by atoms with Gasteiger partial charge in [-0.15, -0.1) is 0 Å². The van der Waals surface area contributed by atoms with E-state index in [1.54, 1.807) is 0 Å². The Hall–Kier alpha value is -1.36. The summed E-state index contributed by atoms with van der Waals surface area (Å²) in [6.07, 6.45) is 16.0. The molecule has 5 nitrogen and oxygen atoms in total. The van der Waals surface area contributed by atoms with Crippen LogP contribution in [-0.4, -0.2) is 36.4 Å². The molecule has 0 saturated heterocycles. The first-order valence-electron chi connectivity index (χ1n) is 11.6. The second-order valence-electron chi connectivity index (χ2n) is 7.37.